The second kappa shape index (κ2) is 6.45. The first-order chi connectivity index (χ1) is 11.8. The summed E-state index contributed by atoms with van der Waals surface area (Å²) in [4.78, 5) is 17.8. The van der Waals surface area contributed by atoms with Crippen molar-refractivity contribution >= 4 is 22.4 Å². The minimum Gasteiger partial charge on any atom is -0.487 e. The number of para-hydroxylation sites is 1. The number of nitrogens with one attached hydrogen (secondary N) is 1. The Morgan fingerprint density at radius 3 is 2.79 bits per heavy atom. The fourth-order valence-corrected chi connectivity index (χ4v) is 3.63. The Morgan fingerprint density at radius 2 is 1.92 bits per heavy atom. The van der Waals surface area contributed by atoms with Crippen molar-refractivity contribution in [2.45, 2.75) is 19.4 Å². The molecule has 0 spiro atoms. The first kappa shape index (κ1) is 14.9. The van der Waals surface area contributed by atoms with Gasteiger partial charge < -0.3 is 10.1 Å². The molecule has 0 saturated carbocycles. The third-order valence-corrected chi connectivity index (χ3v) is 4.87. The SMILES string of the molecule is O=C(CCc1ccccc1)Nc1nc2c(s1)COc1ccccc1-2. The second-order valence-corrected chi connectivity index (χ2v) is 6.69. The monoisotopic (exact) mass is 336 g/mol. The molecule has 1 aliphatic rings. The van der Waals surface area contributed by atoms with Crippen LogP contribution in [0.3, 0.4) is 0 Å². The molecule has 0 aliphatic carbocycles. The van der Waals surface area contributed by atoms with E-state index in [1.165, 1.54) is 11.3 Å². The van der Waals surface area contributed by atoms with Gasteiger partial charge in [0, 0.05) is 12.0 Å². The number of aromatic nitrogens is 1. The molecule has 3 aromatic rings. The first-order valence-electron chi connectivity index (χ1n) is 7.85. The number of hydrogen-bond donors (Lipinski definition) is 1. The number of hydrogen-bond acceptors (Lipinski definition) is 4. The molecule has 120 valence electrons. The highest BCUT2D eigenvalue weighted by Gasteiger charge is 2.22. The summed E-state index contributed by atoms with van der Waals surface area (Å²) in [5, 5.41) is 3.55. The Hall–Kier alpha value is -2.66. The van der Waals surface area contributed by atoms with E-state index in [0.717, 1.165) is 33.9 Å². The zero-order valence-electron chi connectivity index (χ0n) is 13.0. The van der Waals surface area contributed by atoms with E-state index in [9.17, 15) is 4.79 Å². The number of amides is 1. The molecule has 0 radical (unpaired) electrons. The normalized spacial score (nSPS) is 12.0. The number of anilines is 1. The van der Waals surface area contributed by atoms with E-state index in [0.29, 0.717) is 18.2 Å². The van der Waals surface area contributed by atoms with Crippen LogP contribution < -0.4 is 10.1 Å². The Bertz CT molecular complexity index is 874. The highest BCUT2D eigenvalue weighted by molar-refractivity contribution is 7.16. The number of fused-ring (bicyclic) bond motifs is 3. The molecule has 24 heavy (non-hydrogen) atoms. The predicted molar refractivity (Wildman–Crippen MR) is 95.3 cm³/mol. The molecule has 0 atom stereocenters. The van der Waals surface area contributed by atoms with Crippen LogP contribution in [0.1, 0.15) is 16.9 Å². The molecule has 1 aliphatic heterocycles. The molecule has 0 bridgehead atoms. The van der Waals surface area contributed by atoms with Crippen molar-refractivity contribution in [3.63, 3.8) is 0 Å². The topological polar surface area (TPSA) is 51.2 Å². The van der Waals surface area contributed by atoms with E-state index in [1.54, 1.807) is 0 Å². The van der Waals surface area contributed by atoms with Gasteiger partial charge in [-0.25, -0.2) is 4.98 Å². The Kier molecular flexibility index (Phi) is 4.01. The molecule has 2 aromatic carbocycles. The van der Waals surface area contributed by atoms with Crippen molar-refractivity contribution in [3.8, 4) is 17.0 Å². The largest absolute Gasteiger partial charge is 0.487 e. The van der Waals surface area contributed by atoms with Gasteiger partial charge in [-0.2, -0.15) is 0 Å². The van der Waals surface area contributed by atoms with Crippen LogP contribution in [0, 0.1) is 0 Å². The average molecular weight is 336 g/mol. The van der Waals surface area contributed by atoms with Crippen molar-refractivity contribution in [1.82, 2.24) is 4.98 Å². The van der Waals surface area contributed by atoms with Crippen LogP contribution in [0.15, 0.2) is 54.6 Å². The molecule has 5 heteroatoms. The number of thiazole rings is 1. The van der Waals surface area contributed by atoms with Gasteiger partial charge in [-0.15, -0.1) is 0 Å². The lowest BCUT2D eigenvalue weighted by atomic mass is 10.1. The van der Waals surface area contributed by atoms with E-state index in [1.807, 2.05) is 54.6 Å². The van der Waals surface area contributed by atoms with Crippen LogP contribution in [-0.2, 0) is 17.8 Å². The number of carbonyl (C=O) groups excluding carboxylic acids is 1. The Balaban J connectivity index is 1.45. The van der Waals surface area contributed by atoms with E-state index < -0.39 is 0 Å². The van der Waals surface area contributed by atoms with E-state index >= 15 is 0 Å². The van der Waals surface area contributed by atoms with Gasteiger partial charge in [0.1, 0.15) is 12.4 Å². The molecule has 4 nitrogen and oxygen atoms in total. The minimum absolute atomic E-state index is 0.0147. The van der Waals surface area contributed by atoms with Crippen LogP contribution in [-0.4, -0.2) is 10.9 Å². The summed E-state index contributed by atoms with van der Waals surface area (Å²) in [5.74, 6) is 0.830. The zero-order chi connectivity index (χ0) is 16.4. The summed E-state index contributed by atoms with van der Waals surface area (Å²) >= 11 is 1.48. The second-order valence-electron chi connectivity index (χ2n) is 5.61. The lowest BCUT2D eigenvalue weighted by Crippen LogP contribution is -2.12. The van der Waals surface area contributed by atoms with Gasteiger partial charge in [0.05, 0.1) is 10.6 Å². The number of ether oxygens (including phenoxy) is 1. The van der Waals surface area contributed by atoms with Gasteiger partial charge in [0.25, 0.3) is 0 Å². The maximum atomic E-state index is 12.2. The van der Waals surface area contributed by atoms with Gasteiger partial charge in [-0.1, -0.05) is 53.8 Å². The van der Waals surface area contributed by atoms with Crippen LogP contribution in [0.25, 0.3) is 11.3 Å². The summed E-state index contributed by atoms with van der Waals surface area (Å²) in [6.45, 7) is 0.504. The first-order valence-corrected chi connectivity index (χ1v) is 8.67. The fraction of sp³-hybridized carbons (Fsp3) is 0.158. The lowest BCUT2D eigenvalue weighted by Gasteiger charge is -2.15. The number of aryl methyl sites for hydroxylation is 1. The van der Waals surface area contributed by atoms with Crippen LogP contribution in [0.2, 0.25) is 0 Å². The summed E-state index contributed by atoms with van der Waals surface area (Å²) in [5.41, 5.74) is 3.06. The smallest absolute Gasteiger partial charge is 0.226 e. The molecule has 0 unspecified atom stereocenters. The van der Waals surface area contributed by atoms with Crippen molar-refractivity contribution in [2.24, 2.45) is 0 Å². The number of rotatable bonds is 4. The summed E-state index contributed by atoms with van der Waals surface area (Å²) in [6, 6.07) is 17.9. The van der Waals surface area contributed by atoms with Crippen LogP contribution in [0.4, 0.5) is 5.13 Å². The molecular weight excluding hydrogens is 320 g/mol. The molecule has 4 rings (SSSR count). The molecule has 0 fully saturated rings. The van der Waals surface area contributed by atoms with Crippen molar-refractivity contribution in [2.75, 3.05) is 5.32 Å². The van der Waals surface area contributed by atoms with Crippen molar-refractivity contribution < 1.29 is 9.53 Å². The number of nitrogens with zero attached hydrogens (tertiary/aromatic N) is 1. The molecule has 1 aromatic heterocycles. The quantitative estimate of drug-likeness (QED) is 0.774. The minimum atomic E-state index is -0.0147. The molecule has 1 N–H and O–H groups in total. The van der Waals surface area contributed by atoms with E-state index in [4.69, 9.17) is 4.74 Å². The predicted octanol–water partition coefficient (Wildman–Crippen LogP) is 4.27. The number of carbonyl (C=O) groups is 1. The molecule has 2 heterocycles. The van der Waals surface area contributed by atoms with Crippen molar-refractivity contribution in [1.29, 1.82) is 0 Å². The van der Waals surface area contributed by atoms with Gasteiger partial charge in [-0.05, 0) is 24.1 Å². The van der Waals surface area contributed by atoms with E-state index in [-0.39, 0.29) is 5.91 Å². The summed E-state index contributed by atoms with van der Waals surface area (Å²) in [6.07, 6.45) is 1.17. The third kappa shape index (κ3) is 3.03. The lowest BCUT2D eigenvalue weighted by molar-refractivity contribution is -0.116. The molecule has 1 amide bonds. The zero-order valence-corrected chi connectivity index (χ0v) is 13.8. The molecule has 0 saturated heterocycles. The average Bonchev–Trinajstić information content (AvgIpc) is 3.04. The highest BCUT2D eigenvalue weighted by atomic mass is 32.1. The summed E-state index contributed by atoms with van der Waals surface area (Å²) in [7, 11) is 0. The molecular formula is C19H16N2O2S. The van der Waals surface area contributed by atoms with Gasteiger partial charge in [0.2, 0.25) is 5.91 Å². The highest BCUT2D eigenvalue weighted by Crippen LogP contribution is 2.40. The Labute approximate surface area is 144 Å². The Morgan fingerprint density at radius 1 is 1.12 bits per heavy atom. The third-order valence-electron chi connectivity index (χ3n) is 3.93. The van der Waals surface area contributed by atoms with Gasteiger partial charge >= 0.3 is 0 Å². The maximum Gasteiger partial charge on any atom is 0.226 e. The fourth-order valence-electron chi connectivity index (χ4n) is 2.73. The summed E-state index contributed by atoms with van der Waals surface area (Å²) < 4.78 is 5.73. The van der Waals surface area contributed by atoms with Crippen molar-refractivity contribution in [3.05, 3.63) is 65.0 Å². The van der Waals surface area contributed by atoms with Gasteiger partial charge in [-0.3, -0.25) is 4.79 Å². The standard InChI is InChI=1S/C19H16N2O2S/c22-17(11-10-13-6-2-1-3-7-13)20-19-21-18-14-8-4-5-9-15(14)23-12-16(18)24-19/h1-9H,10-12H2,(H,20,21,22). The number of benzene rings is 2. The maximum absolute atomic E-state index is 12.2. The van der Waals surface area contributed by atoms with Crippen LogP contribution >= 0.6 is 11.3 Å². The van der Waals surface area contributed by atoms with E-state index in [2.05, 4.69) is 10.3 Å². The van der Waals surface area contributed by atoms with Gasteiger partial charge in [0.15, 0.2) is 5.13 Å². The van der Waals surface area contributed by atoms with Crippen LogP contribution in [0.5, 0.6) is 5.75 Å².